The molecule has 0 saturated carbocycles. The fourth-order valence-corrected chi connectivity index (χ4v) is 2.43. The van der Waals surface area contributed by atoms with Gasteiger partial charge < -0.3 is 5.73 Å². The normalized spacial score (nSPS) is 10.5. The molecule has 0 aliphatic rings. The first kappa shape index (κ1) is 12.0. The molecule has 0 unspecified atom stereocenters. The topological polar surface area (TPSA) is 38.9 Å². The monoisotopic (exact) mass is 244 g/mol. The van der Waals surface area contributed by atoms with Crippen LogP contribution in [-0.4, -0.2) is 4.98 Å². The van der Waals surface area contributed by atoms with Crippen molar-refractivity contribution < 1.29 is 0 Å². The van der Waals surface area contributed by atoms with E-state index in [4.69, 9.17) is 5.73 Å². The van der Waals surface area contributed by atoms with Crippen LogP contribution in [0.15, 0.2) is 40.4 Å². The van der Waals surface area contributed by atoms with Gasteiger partial charge in [0.05, 0.1) is 5.69 Å². The molecule has 3 heteroatoms. The Kier molecular flexibility index (Phi) is 3.38. The molecule has 2 nitrogen and oxygen atoms in total. The number of pyridine rings is 1. The van der Waals surface area contributed by atoms with Crippen molar-refractivity contribution in [2.24, 2.45) is 0 Å². The Balaban J connectivity index is 2.28. The summed E-state index contributed by atoms with van der Waals surface area (Å²) in [5.41, 5.74) is 10.4. The van der Waals surface area contributed by atoms with Crippen LogP contribution in [0.25, 0.3) is 0 Å². The lowest BCUT2D eigenvalue weighted by Gasteiger charge is -2.07. The highest BCUT2D eigenvalue weighted by atomic mass is 32.2. The quantitative estimate of drug-likeness (QED) is 0.874. The van der Waals surface area contributed by atoms with Crippen LogP contribution in [-0.2, 0) is 0 Å². The fourth-order valence-electron chi connectivity index (χ4n) is 1.55. The largest absolute Gasteiger partial charge is 0.397 e. The highest BCUT2D eigenvalue weighted by Crippen LogP contribution is 2.31. The Labute approximate surface area is 106 Å². The first-order valence-corrected chi connectivity index (χ1v) is 6.35. The average Bonchev–Trinajstić information content (AvgIpc) is 2.27. The van der Waals surface area contributed by atoms with Gasteiger partial charge in [0.25, 0.3) is 0 Å². The maximum atomic E-state index is 5.95. The van der Waals surface area contributed by atoms with E-state index in [1.54, 1.807) is 11.8 Å². The van der Waals surface area contributed by atoms with E-state index in [0.717, 1.165) is 16.3 Å². The summed E-state index contributed by atoms with van der Waals surface area (Å²) >= 11 is 1.61. The van der Waals surface area contributed by atoms with Gasteiger partial charge in [0.15, 0.2) is 0 Å². The van der Waals surface area contributed by atoms with Gasteiger partial charge in [-0.25, -0.2) is 4.98 Å². The van der Waals surface area contributed by atoms with Crippen LogP contribution in [0.3, 0.4) is 0 Å². The molecule has 0 fully saturated rings. The van der Waals surface area contributed by atoms with Gasteiger partial charge in [0, 0.05) is 11.1 Å². The maximum Gasteiger partial charge on any atom is 0.124 e. The number of nitrogens with zero attached hydrogens (tertiary/aromatic N) is 1. The third-order valence-corrected chi connectivity index (χ3v) is 3.73. The molecule has 0 amide bonds. The van der Waals surface area contributed by atoms with E-state index < -0.39 is 0 Å². The van der Waals surface area contributed by atoms with E-state index in [2.05, 4.69) is 37.0 Å². The molecule has 2 rings (SSSR count). The zero-order valence-corrected chi connectivity index (χ0v) is 11.1. The lowest BCUT2D eigenvalue weighted by atomic mass is 10.1. The Morgan fingerprint density at radius 2 is 1.82 bits per heavy atom. The van der Waals surface area contributed by atoms with Crippen LogP contribution in [0.1, 0.15) is 16.7 Å². The highest BCUT2D eigenvalue weighted by Gasteiger charge is 2.04. The summed E-state index contributed by atoms with van der Waals surface area (Å²) in [6, 6.07) is 8.35. The Morgan fingerprint density at radius 1 is 1.06 bits per heavy atom. The first-order valence-electron chi connectivity index (χ1n) is 5.53. The van der Waals surface area contributed by atoms with Gasteiger partial charge >= 0.3 is 0 Å². The van der Waals surface area contributed by atoms with Crippen molar-refractivity contribution in [3.8, 4) is 0 Å². The van der Waals surface area contributed by atoms with Crippen LogP contribution in [0.2, 0.25) is 0 Å². The molecule has 0 atom stereocenters. The minimum Gasteiger partial charge on any atom is -0.397 e. The third kappa shape index (κ3) is 2.80. The van der Waals surface area contributed by atoms with E-state index in [1.807, 2.05) is 19.2 Å². The summed E-state index contributed by atoms with van der Waals surface area (Å²) in [4.78, 5) is 5.54. The van der Waals surface area contributed by atoms with Gasteiger partial charge in [-0.15, -0.1) is 0 Å². The van der Waals surface area contributed by atoms with Gasteiger partial charge in [-0.2, -0.15) is 0 Å². The second-order valence-electron chi connectivity index (χ2n) is 4.26. The molecule has 1 heterocycles. The predicted octanol–water partition coefficient (Wildman–Crippen LogP) is 3.74. The summed E-state index contributed by atoms with van der Waals surface area (Å²) in [5.74, 6) is 0. The zero-order valence-electron chi connectivity index (χ0n) is 10.3. The van der Waals surface area contributed by atoms with E-state index in [9.17, 15) is 0 Å². The van der Waals surface area contributed by atoms with Crippen molar-refractivity contribution in [1.82, 2.24) is 4.98 Å². The van der Waals surface area contributed by atoms with Crippen molar-refractivity contribution >= 4 is 17.4 Å². The number of aromatic nitrogens is 1. The number of aryl methyl sites for hydroxylation is 3. The van der Waals surface area contributed by atoms with E-state index in [1.165, 1.54) is 16.0 Å². The third-order valence-electron chi connectivity index (χ3n) is 2.71. The van der Waals surface area contributed by atoms with Gasteiger partial charge in [0.2, 0.25) is 0 Å². The lowest BCUT2D eigenvalue weighted by Crippen LogP contribution is -1.92. The number of rotatable bonds is 2. The molecule has 2 aromatic rings. The smallest absolute Gasteiger partial charge is 0.124 e. The molecule has 0 aliphatic heterocycles. The standard InChI is InChI=1S/C14H16N2S/c1-9-6-13(15)14(16-8-9)17-12-5-4-10(2)11(3)7-12/h4-8H,15H2,1-3H3. The van der Waals surface area contributed by atoms with Crippen LogP contribution >= 0.6 is 11.8 Å². The van der Waals surface area contributed by atoms with E-state index in [0.29, 0.717) is 0 Å². The molecular weight excluding hydrogens is 228 g/mol. The minimum absolute atomic E-state index is 0.744. The SMILES string of the molecule is Cc1cnc(Sc2ccc(C)c(C)c2)c(N)c1. The highest BCUT2D eigenvalue weighted by molar-refractivity contribution is 7.99. The second-order valence-corrected chi connectivity index (χ2v) is 5.32. The zero-order chi connectivity index (χ0) is 12.4. The van der Waals surface area contributed by atoms with Crippen LogP contribution in [0.4, 0.5) is 5.69 Å². The lowest BCUT2D eigenvalue weighted by molar-refractivity contribution is 1.11. The molecule has 1 aromatic carbocycles. The summed E-state index contributed by atoms with van der Waals surface area (Å²) < 4.78 is 0. The van der Waals surface area contributed by atoms with Crippen molar-refractivity contribution in [2.45, 2.75) is 30.7 Å². The van der Waals surface area contributed by atoms with Gasteiger partial charge in [-0.1, -0.05) is 17.8 Å². The summed E-state index contributed by atoms with van der Waals surface area (Å²) in [5, 5.41) is 0.874. The summed E-state index contributed by atoms with van der Waals surface area (Å²) in [6.45, 7) is 6.22. The summed E-state index contributed by atoms with van der Waals surface area (Å²) in [6.07, 6.45) is 1.85. The predicted molar refractivity (Wildman–Crippen MR) is 73.4 cm³/mol. The Bertz CT molecular complexity index is 550. The van der Waals surface area contributed by atoms with Crippen LogP contribution in [0, 0.1) is 20.8 Å². The number of anilines is 1. The summed E-state index contributed by atoms with van der Waals surface area (Å²) in [7, 11) is 0. The number of nitrogens with two attached hydrogens (primary N) is 1. The Morgan fingerprint density at radius 3 is 2.47 bits per heavy atom. The molecule has 0 saturated heterocycles. The number of hydrogen-bond acceptors (Lipinski definition) is 3. The number of benzene rings is 1. The van der Waals surface area contributed by atoms with Crippen molar-refractivity contribution in [1.29, 1.82) is 0 Å². The van der Waals surface area contributed by atoms with Crippen LogP contribution in [0.5, 0.6) is 0 Å². The first-order chi connectivity index (χ1) is 8.06. The molecule has 88 valence electrons. The molecule has 0 aliphatic carbocycles. The average molecular weight is 244 g/mol. The fraction of sp³-hybridized carbons (Fsp3) is 0.214. The minimum atomic E-state index is 0.744. The molecule has 0 bridgehead atoms. The van der Waals surface area contributed by atoms with Crippen molar-refractivity contribution in [3.63, 3.8) is 0 Å². The maximum absolute atomic E-state index is 5.95. The molecule has 0 spiro atoms. The molecule has 2 N–H and O–H groups in total. The van der Waals surface area contributed by atoms with Crippen molar-refractivity contribution in [2.75, 3.05) is 5.73 Å². The van der Waals surface area contributed by atoms with Gasteiger partial charge in [-0.05, 0) is 55.7 Å². The van der Waals surface area contributed by atoms with Crippen molar-refractivity contribution in [3.05, 3.63) is 47.2 Å². The van der Waals surface area contributed by atoms with Crippen LogP contribution < -0.4 is 5.73 Å². The van der Waals surface area contributed by atoms with E-state index >= 15 is 0 Å². The molecule has 1 aromatic heterocycles. The molecule has 0 radical (unpaired) electrons. The second kappa shape index (κ2) is 4.80. The number of hydrogen-bond donors (Lipinski definition) is 1. The van der Waals surface area contributed by atoms with Gasteiger partial charge in [0.1, 0.15) is 5.03 Å². The molecule has 17 heavy (non-hydrogen) atoms. The van der Waals surface area contributed by atoms with Gasteiger partial charge in [-0.3, -0.25) is 0 Å². The number of nitrogen functional groups attached to an aromatic ring is 1. The van der Waals surface area contributed by atoms with E-state index in [-0.39, 0.29) is 0 Å². The Hall–Kier alpha value is -1.48. The molecular formula is C14H16N2S.